The molecule has 0 amide bonds. The van der Waals surface area contributed by atoms with E-state index >= 15 is 0 Å². The Morgan fingerprint density at radius 2 is 2.33 bits per heavy atom. The molecule has 1 rings (SSSR count). The molecule has 1 aromatic rings. The van der Waals surface area contributed by atoms with Crippen LogP contribution in [0.25, 0.3) is 0 Å². The van der Waals surface area contributed by atoms with Crippen LogP contribution in [0.3, 0.4) is 0 Å². The molecule has 0 aliphatic rings. The van der Waals surface area contributed by atoms with E-state index in [1.165, 1.54) is 12.7 Å². The third kappa shape index (κ3) is 0.453. The first kappa shape index (κ1) is 3.14. The maximum atomic E-state index is 3.49. The summed E-state index contributed by atoms with van der Waals surface area (Å²) in [5, 5.41) is 12.8. The third-order valence-corrected chi connectivity index (χ3v) is 0.366. The number of hydrogen-bond donors (Lipinski definition) is 0. The van der Waals surface area contributed by atoms with E-state index in [-0.39, 0.29) is 0 Å². The Hall–Kier alpha value is -1.06. The molecule has 0 atom stereocenters. The summed E-state index contributed by atoms with van der Waals surface area (Å²) in [6.45, 7) is 0. The lowest BCUT2D eigenvalue weighted by atomic mass is 11.3. The zero-order valence-corrected chi connectivity index (χ0v) is 3.00. The first-order chi connectivity index (χ1) is 3.00. The fraction of sp³-hybridized carbons (Fsp3) is 0. The van der Waals surface area contributed by atoms with Crippen LogP contribution >= 0.6 is 0 Å². The van der Waals surface area contributed by atoms with Gasteiger partial charge in [-0.1, -0.05) is 5.10 Å². The average molecular weight is 83.1 g/mol. The Labute approximate surface area is 34.2 Å². The van der Waals surface area contributed by atoms with Crippen LogP contribution < -0.4 is 5.10 Å². The van der Waals surface area contributed by atoms with Crippen molar-refractivity contribution in [2.75, 3.05) is 0 Å². The lowest BCUT2D eigenvalue weighted by Crippen LogP contribution is -2.07. The molecule has 0 radical (unpaired) electrons. The molecule has 0 aliphatic heterocycles. The maximum Gasteiger partial charge on any atom is 0.332 e. The van der Waals surface area contributed by atoms with E-state index in [0.717, 1.165) is 0 Å². The summed E-state index contributed by atoms with van der Waals surface area (Å²) in [6, 6.07) is 0. The first-order valence-electron chi connectivity index (χ1n) is 1.49. The number of aromatic nitrogens is 4. The monoisotopic (exact) mass is 83.0 g/mol. The molecule has 0 saturated carbocycles. The van der Waals surface area contributed by atoms with Gasteiger partial charge in [0.05, 0.1) is 5.10 Å². The first-order valence-corrected chi connectivity index (χ1v) is 1.49. The Morgan fingerprint density at radius 3 is 2.50 bits per heavy atom. The minimum atomic E-state index is 1.33. The number of nitrogens with zero attached hydrogens (tertiary/aromatic N) is 3. The molecule has 0 unspecified atom stereocenters. The smallest absolute Gasteiger partial charge is 0.148 e. The van der Waals surface area contributed by atoms with Gasteiger partial charge in [-0.25, -0.2) is 0 Å². The highest BCUT2D eigenvalue weighted by molar-refractivity contribution is 4.25. The molecular weight excluding hydrogens is 80.1 g/mol. The van der Waals surface area contributed by atoms with Gasteiger partial charge in [0.25, 0.3) is 0 Å². The third-order valence-electron chi connectivity index (χ3n) is 0.366. The van der Waals surface area contributed by atoms with E-state index < -0.39 is 0 Å². The quantitative estimate of drug-likeness (QED) is 0.391. The Kier molecular flexibility index (Phi) is 0.731. The molecule has 0 aromatic carbocycles. The lowest BCUT2D eigenvalue weighted by molar-refractivity contribution is -0.461. The highest BCUT2D eigenvalue weighted by Gasteiger charge is 1.71. The van der Waals surface area contributed by atoms with Gasteiger partial charge in [0.2, 0.25) is 6.33 Å². The van der Waals surface area contributed by atoms with Gasteiger partial charge in [-0.2, -0.15) is 0 Å². The van der Waals surface area contributed by atoms with E-state index in [9.17, 15) is 0 Å². The highest BCUT2D eigenvalue weighted by atomic mass is 15.2. The summed E-state index contributed by atoms with van der Waals surface area (Å²) in [5.74, 6) is 0. The van der Waals surface area contributed by atoms with Crippen molar-refractivity contribution >= 4 is 0 Å². The summed E-state index contributed by atoms with van der Waals surface area (Å²) in [5.41, 5.74) is 0. The molecule has 4 nitrogen and oxygen atoms in total. The number of H-pyrrole nitrogens is 1. The minimum Gasteiger partial charge on any atom is -0.148 e. The molecule has 1 aromatic heterocycles. The number of hydrogen-bond acceptors (Lipinski definition) is 3. The van der Waals surface area contributed by atoms with Gasteiger partial charge in [-0.3, -0.25) is 0 Å². The normalized spacial score (nSPS) is 8.00. The van der Waals surface area contributed by atoms with Crippen LogP contribution in [0.4, 0.5) is 0 Å². The van der Waals surface area contributed by atoms with Crippen LogP contribution in [-0.4, -0.2) is 15.3 Å². The zero-order valence-electron chi connectivity index (χ0n) is 3.00. The van der Waals surface area contributed by atoms with Crippen LogP contribution in [-0.2, 0) is 0 Å². The highest BCUT2D eigenvalue weighted by Crippen LogP contribution is 1.42. The fourth-order valence-electron chi connectivity index (χ4n) is 0.181. The van der Waals surface area contributed by atoms with Crippen molar-refractivity contribution in [1.29, 1.82) is 0 Å². The van der Waals surface area contributed by atoms with Crippen molar-refractivity contribution in [3.63, 3.8) is 0 Å². The van der Waals surface area contributed by atoms with Crippen LogP contribution in [0.5, 0.6) is 0 Å². The van der Waals surface area contributed by atoms with Gasteiger partial charge in [-0.05, 0) is 5.10 Å². The summed E-state index contributed by atoms with van der Waals surface area (Å²) in [6.07, 6.45) is 2.74. The largest absolute Gasteiger partial charge is 0.332 e. The van der Waals surface area contributed by atoms with Crippen molar-refractivity contribution in [1.82, 2.24) is 15.3 Å². The molecule has 1 heterocycles. The second-order valence-electron chi connectivity index (χ2n) is 0.734. The molecule has 1 N–H and O–H groups in total. The second-order valence-corrected chi connectivity index (χ2v) is 0.734. The Bertz CT molecular complexity index is 77.5. The molecule has 0 bridgehead atoms. The Balaban J connectivity index is 3.00. The van der Waals surface area contributed by atoms with Gasteiger partial charge in [-0.15, -0.1) is 5.10 Å². The molecule has 30 valence electrons. The predicted octanol–water partition coefficient (Wildman–Crippen LogP) is -1.31. The van der Waals surface area contributed by atoms with Crippen molar-refractivity contribution in [2.24, 2.45) is 0 Å². The molecule has 6 heavy (non-hydrogen) atoms. The van der Waals surface area contributed by atoms with Gasteiger partial charge in [0.15, 0.2) is 0 Å². The van der Waals surface area contributed by atoms with Crippen LogP contribution in [0.2, 0.25) is 0 Å². The number of aromatic amines is 1. The van der Waals surface area contributed by atoms with Gasteiger partial charge in [0, 0.05) is 0 Å². The summed E-state index contributed by atoms with van der Waals surface area (Å²) in [4.78, 5) is 0. The summed E-state index contributed by atoms with van der Waals surface area (Å²) >= 11 is 0. The van der Waals surface area contributed by atoms with Crippen LogP contribution in [0.1, 0.15) is 0 Å². The van der Waals surface area contributed by atoms with Crippen molar-refractivity contribution in [3.8, 4) is 0 Å². The van der Waals surface area contributed by atoms with E-state index in [4.69, 9.17) is 0 Å². The zero-order chi connectivity index (χ0) is 4.24. The van der Waals surface area contributed by atoms with E-state index in [2.05, 4.69) is 20.4 Å². The van der Waals surface area contributed by atoms with Crippen molar-refractivity contribution in [2.45, 2.75) is 0 Å². The topological polar surface area (TPSA) is 52.8 Å². The maximum absolute atomic E-state index is 3.49. The summed E-state index contributed by atoms with van der Waals surface area (Å²) < 4.78 is 0. The molecule has 0 fully saturated rings. The minimum absolute atomic E-state index is 1.33. The van der Waals surface area contributed by atoms with Gasteiger partial charge >= 0.3 is 6.33 Å². The Morgan fingerprint density at radius 1 is 1.33 bits per heavy atom. The van der Waals surface area contributed by atoms with Gasteiger partial charge < -0.3 is 0 Å². The summed E-state index contributed by atoms with van der Waals surface area (Å²) in [7, 11) is 0. The standard InChI is InChI=1S/C2H2N4/c1-3-5-2-6-4-1/h1-2H/p+1. The molecule has 0 aliphatic carbocycles. The number of nitrogens with one attached hydrogen (secondary N) is 1. The van der Waals surface area contributed by atoms with Gasteiger partial charge in [0.1, 0.15) is 0 Å². The van der Waals surface area contributed by atoms with E-state index in [1.54, 1.807) is 0 Å². The fourth-order valence-corrected chi connectivity index (χ4v) is 0.181. The van der Waals surface area contributed by atoms with E-state index in [0.29, 0.717) is 0 Å². The molecule has 4 heteroatoms. The molecule has 0 saturated heterocycles. The van der Waals surface area contributed by atoms with Crippen molar-refractivity contribution in [3.05, 3.63) is 12.7 Å². The average Bonchev–Trinajstić information content (AvgIpc) is 1.72. The van der Waals surface area contributed by atoms with Crippen molar-refractivity contribution < 1.29 is 5.10 Å². The van der Waals surface area contributed by atoms with Crippen LogP contribution in [0.15, 0.2) is 12.7 Å². The van der Waals surface area contributed by atoms with Crippen LogP contribution in [0, 0.1) is 0 Å². The predicted molar refractivity (Wildman–Crippen MR) is 16.4 cm³/mol. The molecular formula is C2H3N4+. The SMILES string of the molecule is c1nnc[nH+]n1. The lowest BCUT2D eigenvalue weighted by Gasteiger charge is -1.58. The second kappa shape index (κ2) is 1.40. The van der Waals surface area contributed by atoms with E-state index in [1.807, 2.05) is 0 Å². The number of rotatable bonds is 0. The molecule has 0 spiro atoms.